The first-order chi connectivity index (χ1) is 4.41. The molecule has 2 nitrogen and oxygen atoms in total. The predicted molar refractivity (Wildman–Crippen MR) is 41.1 cm³/mol. The van der Waals surface area contributed by atoms with Gasteiger partial charge in [-0.2, -0.15) is 0 Å². The SMILES string of the molecule is NC/C=C/CCCCN. The third-order valence-electron chi connectivity index (χ3n) is 1.13. The average Bonchev–Trinajstić information content (AvgIpc) is 1.89. The maximum Gasteiger partial charge on any atom is 0.0106 e. The maximum atomic E-state index is 5.29. The minimum absolute atomic E-state index is 0.655. The van der Waals surface area contributed by atoms with Gasteiger partial charge in [0.15, 0.2) is 0 Å². The van der Waals surface area contributed by atoms with Gasteiger partial charge in [0.1, 0.15) is 0 Å². The van der Waals surface area contributed by atoms with Gasteiger partial charge in [-0.3, -0.25) is 0 Å². The molecule has 0 fully saturated rings. The van der Waals surface area contributed by atoms with Crippen LogP contribution in [0.4, 0.5) is 0 Å². The molecule has 9 heavy (non-hydrogen) atoms. The molecule has 0 atom stereocenters. The molecule has 0 amide bonds. The third-order valence-corrected chi connectivity index (χ3v) is 1.13. The second kappa shape index (κ2) is 7.66. The van der Waals surface area contributed by atoms with Crippen LogP contribution < -0.4 is 11.5 Å². The summed E-state index contributed by atoms with van der Waals surface area (Å²) in [4.78, 5) is 0. The molecule has 2 heteroatoms. The summed E-state index contributed by atoms with van der Waals surface area (Å²) in [5.74, 6) is 0. The maximum absolute atomic E-state index is 5.29. The molecule has 0 radical (unpaired) electrons. The number of allylic oxidation sites excluding steroid dienone is 1. The molecule has 0 aromatic rings. The highest BCUT2D eigenvalue weighted by Gasteiger charge is 1.79. The first-order valence-corrected chi connectivity index (χ1v) is 3.47. The summed E-state index contributed by atoms with van der Waals surface area (Å²) in [6.45, 7) is 1.46. The van der Waals surface area contributed by atoms with E-state index < -0.39 is 0 Å². The van der Waals surface area contributed by atoms with Gasteiger partial charge >= 0.3 is 0 Å². The molecule has 4 N–H and O–H groups in total. The van der Waals surface area contributed by atoms with Gasteiger partial charge in [-0.05, 0) is 25.8 Å². The monoisotopic (exact) mass is 128 g/mol. The topological polar surface area (TPSA) is 52.0 Å². The van der Waals surface area contributed by atoms with Crippen LogP contribution in [0.2, 0.25) is 0 Å². The van der Waals surface area contributed by atoms with Gasteiger partial charge in [0.05, 0.1) is 0 Å². The molecule has 0 aromatic carbocycles. The Kier molecular flexibility index (Phi) is 7.37. The fourth-order valence-corrected chi connectivity index (χ4v) is 0.621. The van der Waals surface area contributed by atoms with Gasteiger partial charge < -0.3 is 11.5 Å². The quantitative estimate of drug-likeness (QED) is 0.421. The Bertz CT molecular complexity index is 69.3. The summed E-state index contributed by atoms with van der Waals surface area (Å²) in [5.41, 5.74) is 10.5. The van der Waals surface area contributed by atoms with E-state index in [1.807, 2.05) is 6.08 Å². The van der Waals surface area contributed by atoms with Crippen LogP contribution in [0.3, 0.4) is 0 Å². The van der Waals surface area contributed by atoms with Gasteiger partial charge in [-0.25, -0.2) is 0 Å². The number of nitrogens with two attached hydrogens (primary N) is 2. The van der Waals surface area contributed by atoms with E-state index in [0.29, 0.717) is 6.54 Å². The fraction of sp³-hybridized carbons (Fsp3) is 0.714. The van der Waals surface area contributed by atoms with Gasteiger partial charge in [0, 0.05) is 6.54 Å². The summed E-state index contributed by atoms with van der Waals surface area (Å²) in [6, 6.07) is 0. The average molecular weight is 128 g/mol. The zero-order valence-electron chi connectivity index (χ0n) is 5.84. The van der Waals surface area contributed by atoms with Crippen molar-refractivity contribution in [1.82, 2.24) is 0 Å². The summed E-state index contributed by atoms with van der Waals surface area (Å²) >= 11 is 0. The van der Waals surface area contributed by atoms with Crippen LogP contribution in [0.1, 0.15) is 19.3 Å². The zero-order valence-corrected chi connectivity index (χ0v) is 5.84. The van der Waals surface area contributed by atoms with E-state index in [4.69, 9.17) is 11.5 Å². The van der Waals surface area contributed by atoms with Crippen molar-refractivity contribution in [2.75, 3.05) is 13.1 Å². The van der Waals surface area contributed by atoms with Crippen LogP contribution >= 0.6 is 0 Å². The Labute approximate surface area is 56.9 Å². The second-order valence-electron chi connectivity index (χ2n) is 1.99. The Morgan fingerprint density at radius 3 is 2.33 bits per heavy atom. The molecule has 0 aromatic heterocycles. The van der Waals surface area contributed by atoms with Gasteiger partial charge in [0.2, 0.25) is 0 Å². The predicted octanol–water partition coefficient (Wildman–Crippen LogP) is 0.630. The van der Waals surface area contributed by atoms with Crippen molar-refractivity contribution < 1.29 is 0 Å². The molecule has 0 bridgehead atoms. The minimum atomic E-state index is 0.655. The lowest BCUT2D eigenvalue weighted by atomic mass is 10.2. The highest BCUT2D eigenvalue weighted by Crippen LogP contribution is 1.93. The lowest BCUT2D eigenvalue weighted by Crippen LogP contribution is -1.97. The Hall–Kier alpha value is -0.340. The van der Waals surface area contributed by atoms with E-state index in [2.05, 4.69) is 6.08 Å². The normalized spacial score (nSPS) is 10.9. The highest BCUT2D eigenvalue weighted by molar-refractivity contribution is 4.81. The van der Waals surface area contributed by atoms with Crippen molar-refractivity contribution in [3.05, 3.63) is 12.2 Å². The molecule has 0 saturated heterocycles. The Morgan fingerprint density at radius 1 is 1.00 bits per heavy atom. The van der Waals surface area contributed by atoms with E-state index in [9.17, 15) is 0 Å². The molecule has 0 aliphatic heterocycles. The third kappa shape index (κ3) is 7.66. The summed E-state index contributed by atoms with van der Waals surface area (Å²) < 4.78 is 0. The van der Waals surface area contributed by atoms with E-state index in [1.54, 1.807) is 0 Å². The molecule has 0 saturated carbocycles. The molecule has 0 unspecified atom stereocenters. The Balaban J connectivity index is 2.82. The number of hydrogen-bond acceptors (Lipinski definition) is 2. The fourth-order valence-electron chi connectivity index (χ4n) is 0.621. The summed E-state index contributed by atoms with van der Waals surface area (Å²) in [6.07, 6.45) is 7.52. The van der Waals surface area contributed by atoms with E-state index in [1.165, 1.54) is 6.42 Å². The molecule has 0 rings (SSSR count). The second-order valence-corrected chi connectivity index (χ2v) is 1.99. The summed E-state index contributed by atoms with van der Waals surface area (Å²) in [5, 5.41) is 0. The van der Waals surface area contributed by atoms with E-state index in [-0.39, 0.29) is 0 Å². The number of unbranched alkanes of at least 4 members (excludes halogenated alkanes) is 2. The van der Waals surface area contributed by atoms with Crippen LogP contribution in [-0.4, -0.2) is 13.1 Å². The molecule has 0 spiro atoms. The minimum Gasteiger partial charge on any atom is -0.330 e. The van der Waals surface area contributed by atoms with Crippen LogP contribution in [0, 0.1) is 0 Å². The Morgan fingerprint density at radius 2 is 1.78 bits per heavy atom. The van der Waals surface area contributed by atoms with Crippen molar-refractivity contribution in [2.45, 2.75) is 19.3 Å². The molecule has 0 aliphatic carbocycles. The molecule has 0 aliphatic rings. The van der Waals surface area contributed by atoms with Crippen LogP contribution in [0.25, 0.3) is 0 Å². The highest BCUT2D eigenvalue weighted by atomic mass is 14.5. The van der Waals surface area contributed by atoms with Crippen LogP contribution in [0.5, 0.6) is 0 Å². The molecular formula is C7H16N2. The van der Waals surface area contributed by atoms with Crippen molar-refractivity contribution >= 4 is 0 Å². The van der Waals surface area contributed by atoms with Gasteiger partial charge in [-0.15, -0.1) is 0 Å². The number of rotatable bonds is 5. The zero-order chi connectivity index (χ0) is 6.95. The van der Waals surface area contributed by atoms with Gasteiger partial charge in [0.25, 0.3) is 0 Å². The summed E-state index contributed by atoms with van der Waals surface area (Å²) in [7, 11) is 0. The van der Waals surface area contributed by atoms with Crippen molar-refractivity contribution in [3.8, 4) is 0 Å². The standard InChI is InChI=1S/C7H16N2/c8-6-4-2-1-3-5-7-9/h2,4H,1,3,5-9H2/b4-2+. The largest absolute Gasteiger partial charge is 0.330 e. The lowest BCUT2D eigenvalue weighted by Gasteiger charge is -1.90. The number of hydrogen-bond donors (Lipinski definition) is 2. The van der Waals surface area contributed by atoms with Crippen molar-refractivity contribution in [3.63, 3.8) is 0 Å². The first-order valence-electron chi connectivity index (χ1n) is 3.47. The van der Waals surface area contributed by atoms with Crippen LogP contribution in [0.15, 0.2) is 12.2 Å². The first kappa shape index (κ1) is 8.66. The molecule has 0 heterocycles. The molecular weight excluding hydrogens is 112 g/mol. The van der Waals surface area contributed by atoms with Crippen molar-refractivity contribution in [2.24, 2.45) is 11.5 Å². The molecule has 54 valence electrons. The lowest BCUT2D eigenvalue weighted by molar-refractivity contribution is 0.757. The smallest absolute Gasteiger partial charge is 0.0106 e. The van der Waals surface area contributed by atoms with E-state index in [0.717, 1.165) is 19.4 Å². The van der Waals surface area contributed by atoms with Crippen molar-refractivity contribution in [1.29, 1.82) is 0 Å². The van der Waals surface area contributed by atoms with Gasteiger partial charge in [-0.1, -0.05) is 12.2 Å². The van der Waals surface area contributed by atoms with E-state index >= 15 is 0 Å². The van der Waals surface area contributed by atoms with Crippen LogP contribution in [-0.2, 0) is 0 Å².